The van der Waals surface area contributed by atoms with Crippen LogP contribution in [0, 0.1) is 0 Å². The zero-order valence-corrected chi connectivity index (χ0v) is 10.9. The number of halogens is 3. The molecular formula is C12H16F3NS. The van der Waals surface area contributed by atoms with Gasteiger partial charge in [0.25, 0.3) is 0 Å². The molecule has 0 radical (unpaired) electrons. The Morgan fingerprint density at radius 1 is 1.29 bits per heavy atom. The Morgan fingerprint density at radius 3 is 2.41 bits per heavy atom. The molecule has 5 heteroatoms. The summed E-state index contributed by atoms with van der Waals surface area (Å²) in [5.74, 6) is 0. The average Bonchev–Trinajstić information content (AvgIpc) is 2.18. The highest BCUT2D eigenvalue weighted by Crippen LogP contribution is 2.35. The van der Waals surface area contributed by atoms with Crippen molar-refractivity contribution in [3.63, 3.8) is 0 Å². The Hall–Kier alpha value is -0.680. The fraction of sp³-hybridized carbons (Fsp3) is 0.500. The van der Waals surface area contributed by atoms with Crippen LogP contribution < -0.4 is 5.32 Å². The zero-order valence-electron chi connectivity index (χ0n) is 10.1. The number of hydrogen-bond acceptors (Lipinski definition) is 2. The van der Waals surface area contributed by atoms with Gasteiger partial charge >= 0.3 is 6.18 Å². The molecule has 1 aromatic rings. The summed E-state index contributed by atoms with van der Waals surface area (Å²) in [6, 6.07) is 4.52. The lowest BCUT2D eigenvalue weighted by atomic mass is 10.1. The van der Waals surface area contributed by atoms with Gasteiger partial charge in [0.15, 0.2) is 0 Å². The largest absolute Gasteiger partial charge is 0.416 e. The summed E-state index contributed by atoms with van der Waals surface area (Å²) in [5.41, 5.74) is -0.259. The molecule has 1 nitrogen and oxygen atoms in total. The first kappa shape index (κ1) is 14.4. The summed E-state index contributed by atoms with van der Waals surface area (Å²) in [5, 5.41) is 3.02. The Bertz CT molecular complexity index is 375. The quantitative estimate of drug-likeness (QED) is 0.826. The number of thioether (sulfide) groups is 1. The topological polar surface area (TPSA) is 12.0 Å². The third-order valence-electron chi connectivity index (χ3n) is 2.13. The molecule has 0 heterocycles. The van der Waals surface area contributed by atoms with E-state index in [1.165, 1.54) is 17.8 Å². The summed E-state index contributed by atoms with van der Waals surface area (Å²) in [4.78, 5) is 0.659. The van der Waals surface area contributed by atoms with Gasteiger partial charge in [-0.2, -0.15) is 13.2 Å². The van der Waals surface area contributed by atoms with Gasteiger partial charge in [0.1, 0.15) is 0 Å². The first-order chi connectivity index (χ1) is 7.84. The van der Waals surface area contributed by atoms with Gasteiger partial charge in [-0.25, -0.2) is 0 Å². The van der Waals surface area contributed by atoms with Crippen molar-refractivity contribution in [2.75, 3.05) is 7.05 Å². The lowest BCUT2D eigenvalue weighted by molar-refractivity contribution is -0.138. The van der Waals surface area contributed by atoms with E-state index in [4.69, 9.17) is 0 Å². The minimum Gasteiger partial charge on any atom is -0.316 e. The van der Waals surface area contributed by atoms with Crippen molar-refractivity contribution in [3.05, 3.63) is 29.3 Å². The van der Waals surface area contributed by atoms with Gasteiger partial charge in [0.05, 0.1) is 5.56 Å². The molecule has 1 rings (SSSR count). The van der Waals surface area contributed by atoms with Crippen molar-refractivity contribution < 1.29 is 13.2 Å². The summed E-state index contributed by atoms with van der Waals surface area (Å²) < 4.78 is 38.6. The number of hydrogen-bond donors (Lipinski definition) is 1. The van der Waals surface area contributed by atoms with Gasteiger partial charge in [0, 0.05) is 16.7 Å². The number of alkyl halides is 3. The van der Waals surface area contributed by atoms with E-state index in [0.717, 1.165) is 0 Å². The normalized spacial score (nSPS) is 12.2. The van der Waals surface area contributed by atoms with Crippen LogP contribution in [-0.2, 0) is 12.7 Å². The molecule has 0 saturated heterocycles. The monoisotopic (exact) mass is 263 g/mol. The second kappa shape index (κ2) is 5.78. The Morgan fingerprint density at radius 2 is 1.94 bits per heavy atom. The molecule has 0 aliphatic heterocycles. The molecular weight excluding hydrogens is 247 g/mol. The lowest BCUT2D eigenvalue weighted by Crippen LogP contribution is -2.14. The van der Waals surface area contributed by atoms with E-state index in [0.29, 0.717) is 4.90 Å². The zero-order chi connectivity index (χ0) is 13.1. The predicted molar refractivity (Wildman–Crippen MR) is 65.2 cm³/mol. The molecule has 96 valence electrons. The van der Waals surface area contributed by atoms with Crippen LogP contribution in [-0.4, -0.2) is 12.3 Å². The maximum absolute atomic E-state index is 12.9. The Kier molecular flexibility index (Phi) is 4.89. The maximum Gasteiger partial charge on any atom is 0.416 e. The third-order valence-corrected chi connectivity index (χ3v) is 3.12. The van der Waals surface area contributed by atoms with E-state index in [1.54, 1.807) is 19.2 Å². The van der Waals surface area contributed by atoms with E-state index in [1.807, 2.05) is 13.8 Å². The molecule has 17 heavy (non-hydrogen) atoms. The van der Waals surface area contributed by atoms with E-state index in [9.17, 15) is 13.2 Å². The molecule has 0 spiro atoms. The highest BCUT2D eigenvalue weighted by molar-refractivity contribution is 7.99. The summed E-state index contributed by atoms with van der Waals surface area (Å²) in [7, 11) is 1.64. The average molecular weight is 263 g/mol. The van der Waals surface area contributed by atoms with Crippen LogP contribution in [0.4, 0.5) is 13.2 Å². The fourth-order valence-electron chi connectivity index (χ4n) is 1.51. The smallest absolute Gasteiger partial charge is 0.316 e. The van der Waals surface area contributed by atoms with Crippen LogP contribution in [0.3, 0.4) is 0 Å². The Labute approximate surface area is 104 Å². The van der Waals surface area contributed by atoms with Crippen LogP contribution in [0.25, 0.3) is 0 Å². The number of rotatable bonds is 4. The maximum atomic E-state index is 12.9. The Balaban J connectivity index is 3.10. The lowest BCUT2D eigenvalue weighted by Gasteiger charge is -2.15. The molecule has 0 amide bonds. The van der Waals surface area contributed by atoms with E-state index in [2.05, 4.69) is 5.32 Å². The standard InChI is InChI=1S/C12H16F3NS/c1-8(2)17-10-5-4-9(7-16-3)11(6-10)12(13,14)15/h4-6,8,16H,7H2,1-3H3. The van der Waals surface area contributed by atoms with Crippen molar-refractivity contribution in [2.24, 2.45) is 0 Å². The fourth-order valence-corrected chi connectivity index (χ4v) is 2.39. The van der Waals surface area contributed by atoms with Gasteiger partial charge in [-0.1, -0.05) is 19.9 Å². The second-order valence-electron chi connectivity index (χ2n) is 4.01. The van der Waals surface area contributed by atoms with E-state index in [-0.39, 0.29) is 17.4 Å². The van der Waals surface area contributed by atoms with Gasteiger partial charge in [0.2, 0.25) is 0 Å². The van der Waals surface area contributed by atoms with Crippen LogP contribution in [0.2, 0.25) is 0 Å². The summed E-state index contributed by atoms with van der Waals surface area (Å²) in [6.07, 6.45) is -4.29. The highest BCUT2D eigenvalue weighted by Gasteiger charge is 2.33. The SMILES string of the molecule is CNCc1ccc(SC(C)C)cc1C(F)(F)F. The van der Waals surface area contributed by atoms with Crippen molar-refractivity contribution in [1.29, 1.82) is 0 Å². The molecule has 0 bridgehead atoms. The molecule has 1 N–H and O–H groups in total. The van der Waals surface area contributed by atoms with Crippen LogP contribution in [0.15, 0.2) is 23.1 Å². The molecule has 0 fully saturated rings. The van der Waals surface area contributed by atoms with Crippen LogP contribution in [0.1, 0.15) is 25.0 Å². The minimum absolute atomic E-state index is 0.224. The minimum atomic E-state index is -4.29. The van der Waals surface area contributed by atoms with Gasteiger partial charge < -0.3 is 5.32 Å². The number of benzene rings is 1. The second-order valence-corrected chi connectivity index (χ2v) is 5.66. The summed E-state index contributed by atoms with van der Waals surface area (Å²) >= 11 is 1.44. The van der Waals surface area contributed by atoms with Gasteiger partial charge in [-0.05, 0) is 24.7 Å². The van der Waals surface area contributed by atoms with Crippen molar-refractivity contribution in [2.45, 2.75) is 36.7 Å². The van der Waals surface area contributed by atoms with Gasteiger partial charge in [-0.15, -0.1) is 11.8 Å². The van der Waals surface area contributed by atoms with E-state index >= 15 is 0 Å². The number of nitrogens with one attached hydrogen (secondary N) is 1. The van der Waals surface area contributed by atoms with E-state index < -0.39 is 11.7 Å². The third kappa shape index (κ3) is 4.24. The molecule has 0 unspecified atom stereocenters. The molecule has 0 saturated carbocycles. The molecule has 0 aliphatic rings. The molecule has 0 aliphatic carbocycles. The van der Waals surface area contributed by atoms with Gasteiger partial charge in [-0.3, -0.25) is 0 Å². The first-order valence-electron chi connectivity index (χ1n) is 5.36. The van der Waals surface area contributed by atoms with Crippen LogP contribution >= 0.6 is 11.8 Å². The molecule has 1 aromatic carbocycles. The van der Waals surface area contributed by atoms with Crippen molar-refractivity contribution in [1.82, 2.24) is 5.32 Å². The van der Waals surface area contributed by atoms with Crippen molar-refractivity contribution in [3.8, 4) is 0 Å². The highest BCUT2D eigenvalue weighted by atomic mass is 32.2. The molecule has 0 atom stereocenters. The first-order valence-corrected chi connectivity index (χ1v) is 6.24. The predicted octanol–water partition coefficient (Wildman–Crippen LogP) is 3.93. The summed E-state index contributed by atoms with van der Waals surface area (Å²) in [6.45, 7) is 4.14. The van der Waals surface area contributed by atoms with Crippen molar-refractivity contribution >= 4 is 11.8 Å². The molecule has 0 aromatic heterocycles. The van der Waals surface area contributed by atoms with Crippen LogP contribution in [0.5, 0.6) is 0 Å².